The summed E-state index contributed by atoms with van der Waals surface area (Å²) >= 11 is 6.92. The maximum absolute atomic E-state index is 11.5. The van der Waals surface area contributed by atoms with Crippen molar-refractivity contribution in [3.63, 3.8) is 0 Å². The van der Waals surface area contributed by atoms with E-state index in [2.05, 4.69) is 4.98 Å². The molecule has 2 rings (SSSR count). The van der Waals surface area contributed by atoms with Crippen LogP contribution in [-0.4, -0.2) is 22.2 Å². The Morgan fingerprint density at radius 3 is 2.95 bits per heavy atom. The summed E-state index contributed by atoms with van der Waals surface area (Å²) in [5.41, 5.74) is 6.06. The highest BCUT2D eigenvalue weighted by Crippen LogP contribution is 2.28. The molecule has 0 spiro atoms. The quantitative estimate of drug-likeness (QED) is 0.846. The lowest BCUT2D eigenvalue weighted by Crippen LogP contribution is -2.39. The Hall–Kier alpha value is -1.73. The SMILES string of the molecule is CC(Sc1nc2cc(Cl)ccc2o1)C(=O)NC(N)=O. The van der Waals surface area contributed by atoms with Gasteiger partial charge in [0.25, 0.3) is 5.22 Å². The van der Waals surface area contributed by atoms with Gasteiger partial charge in [0.15, 0.2) is 5.58 Å². The summed E-state index contributed by atoms with van der Waals surface area (Å²) in [4.78, 5) is 26.3. The van der Waals surface area contributed by atoms with Crippen molar-refractivity contribution in [2.75, 3.05) is 0 Å². The minimum atomic E-state index is -0.887. The van der Waals surface area contributed by atoms with Gasteiger partial charge in [-0.05, 0) is 25.1 Å². The summed E-state index contributed by atoms with van der Waals surface area (Å²) in [5, 5.41) is 2.31. The molecule has 0 saturated carbocycles. The predicted octanol–water partition coefficient (Wildman–Crippen LogP) is 2.16. The number of nitrogens with two attached hydrogens (primary N) is 1. The van der Waals surface area contributed by atoms with Crippen LogP contribution in [0.5, 0.6) is 0 Å². The fourth-order valence-electron chi connectivity index (χ4n) is 1.36. The van der Waals surface area contributed by atoms with Crippen molar-refractivity contribution in [1.82, 2.24) is 10.3 Å². The molecule has 1 atom stereocenters. The van der Waals surface area contributed by atoms with Crippen LogP contribution in [0.2, 0.25) is 5.02 Å². The molecule has 6 nitrogen and oxygen atoms in total. The molecule has 1 heterocycles. The first-order valence-corrected chi connectivity index (χ1v) is 6.54. The van der Waals surface area contributed by atoms with Gasteiger partial charge in [0.05, 0.1) is 5.25 Å². The van der Waals surface area contributed by atoms with Crippen LogP contribution in [0.4, 0.5) is 4.79 Å². The van der Waals surface area contributed by atoms with Crippen LogP contribution in [0.15, 0.2) is 27.8 Å². The van der Waals surface area contributed by atoms with Gasteiger partial charge in [0, 0.05) is 5.02 Å². The third-order valence-corrected chi connectivity index (χ3v) is 3.40. The highest BCUT2D eigenvalue weighted by molar-refractivity contribution is 8.00. The first-order chi connectivity index (χ1) is 8.95. The Morgan fingerprint density at radius 1 is 1.53 bits per heavy atom. The van der Waals surface area contributed by atoms with Crippen LogP contribution in [0.3, 0.4) is 0 Å². The highest BCUT2D eigenvalue weighted by atomic mass is 35.5. The third-order valence-electron chi connectivity index (χ3n) is 2.22. The number of primary amides is 1. The normalized spacial score (nSPS) is 12.3. The van der Waals surface area contributed by atoms with E-state index >= 15 is 0 Å². The van der Waals surface area contributed by atoms with Crippen molar-refractivity contribution >= 4 is 46.4 Å². The Bertz CT molecular complexity index is 643. The van der Waals surface area contributed by atoms with Gasteiger partial charge >= 0.3 is 6.03 Å². The Kier molecular flexibility index (Phi) is 3.96. The van der Waals surface area contributed by atoms with E-state index in [0.717, 1.165) is 11.8 Å². The van der Waals surface area contributed by atoms with Gasteiger partial charge in [0.2, 0.25) is 5.91 Å². The van der Waals surface area contributed by atoms with Gasteiger partial charge in [-0.15, -0.1) is 0 Å². The summed E-state index contributed by atoms with van der Waals surface area (Å²) < 4.78 is 5.45. The second-order valence-corrected chi connectivity index (χ2v) is 5.43. The van der Waals surface area contributed by atoms with E-state index in [0.29, 0.717) is 21.3 Å². The topological polar surface area (TPSA) is 98.2 Å². The van der Waals surface area contributed by atoms with Crippen LogP contribution in [0, 0.1) is 0 Å². The molecule has 100 valence electrons. The van der Waals surface area contributed by atoms with E-state index in [4.69, 9.17) is 21.8 Å². The zero-order valence-electron chi connectivity index (χ0n) is 9.84. The molecule has 0 saturated heterocycles. The average Bonchev–Trinajstić information content (AvgIpc) is 2.69. The monoisotopic (exact) mass is 299 g/mol. The molecule has 2 aromatic rings. The number of carbonyl (C=O) groups is 2. The van der Waals surface area contributed by atoms with Gasteiger partial charge in [-0.1, -0.05) is 23.4 Å². The average molecular weight is 300 g/mol. The van der Waals surface area contributed by atoms with Gasteiger partial charge in [-0.3, -0.25) is 10.1 Å². The molecule has 1 aromatic heterocycles. The van der Waals surface area contributed by atoms with E-state index in [-0.39, 0.29) is 0 Å². The minimum absolute atomic E-state index is 0.324. The zero-order chi connectivity index (χ0) is 14.0. The molecule has 3 N–H and O–H groups in total. The number of fused-ring (bicyclic) bond motifs is 1. The highest BCUT2D eigenvalue weighted by Gasteiger charge is 2.19. The van der Waals surface area contributed by atoms with Crippen molar-refractivity contribution in [2.24, 2.45) is 5.73 Å². The molecule has 1 aromatic carbocycles. The van der Waals surface area contributed by atoms with E-state index < -0.39 is 17.2 Å². The number of hydrogen-bond donors (Lipinski definition) is 2. The number of thioether (sulfide) groups is 1. The number of amides is 3. The molecular formula is C11H10ClN3O3S. The predicted molar refractivity (Wildman–Crippen MR) is 72.1 cm³/mol. The maximum atomic E-state index is 11.5. The number of carbonyl (C=O) groups excluding carboxylic acids is 2. The molecule has 1 unspecified atom stereocenters. The number of benzene rings is 1. The van der Waals surface area contributed by atoms with Crippen LogP contribution >= 0.6 is 23.4 Å². The lowest BCUT2D eigenvalue weighted by Gasteiger charge is -2.06. The molecule has 0 radical (unpaired) electrons. The molecule has 0 fully saturated rings. The van der Waals surface area contributed by atoms with Crippen molar-refractivity contribution in [3.05, 3.63) is 23.2 Å². The number of urea groups is 1. The summed E-state index contributed by atoms with van der Waals surface area (Å²) in [7, 11) is 0. The number of imide groups is 1. The standard InChI is InChI=1S/C11H10ClN3O3S/c1-5(9(16)15-10(13)17)19-11-14-7-4-6(12)2-3-8(7)18-11/h2-5H,1H3,(H3,13,15,16,17). The number of nitrogens with one attached hydrogen (secondary N) is 1. The molecule has 0 bridgehead atoms. The number of aromatic nitrogens is 1. The van der Waals surface area contributed by atoms with E-state index in [1.54, 1.807) is 25.1 Å². The Balaban J connectivity index is 2.12. The Labute approximate surface area is 117 Å². The first-order valence-electron chi connectivity index (χ1n) is 5.29. The van der Waals surface area contributed by atoms with E-state index in [9.17, 15) is 9.59 Å². The summed E-state index contributed by atoms with van der Waals surface area (Å²) in [6.07, 6.45) is 0. The third kappa shape index (κ3) is 3.39. The molecule has 0 aliphatic rings. The van der Waals surface area contributed by atoms with E-state index in [1.807, 2.05) is 5.32 Å². The summed E-state index contributed by atoms with van der Waals surface area (Å²) in [5.74, 6) is -0.502. The number of hydrogen-bond acceptors (Lipinski definition) is 5. The number of halogens is 1. The lowest BCUT2D eigenvalue weighted by molar-refractivity contribution is -0.119. The molecular weight excluding hydrogens is 290 g/mol. The molecule has 0 aliphatic heterocycles. The van der Waals surface area contributed by atoms with Crippen molar-refractivity contribution in [2.45, 2.75) is 17.4 Å². The van der Waals surface area contributed by atoms with Crippen LogP contribution in [0.25, 0.3) is 11.1 Å². The minimum Gasteiger partial charge on any atom is -0.431 e. The fourth-order valence-corrected chi connectivity index (χ4v) is 2.28. The smallest absolute Gasteiger partial charge is 0.318 e. The number of rotatable bonds is 3. The van der Waals surface area contributed by atoms with Crippen molar-refractivity contribution in [1.29, 1.82) is 0 Å². The summed E-state index contributed by atoms with van der Waals surface area (Å²) in [6.45, 7) is 1.62. The molecule has 8 heteroatoms. The second-order valence-electron chi connectivity index (χ2n) is 3.71. The molecule has 0 aliphatic carbocycles. The first kappa shape index (κ1) is 13.7. The second kappa shape index (κ2) is 5.50. The van der Waals surface area contributed by atoms with Crippen molar-refractivity contribution in [3.8, 4) is 0 Å². The number of oxazole rings is 1. The van der Waals surface area contributed by atoms with Gasteiger partial charge in [-0.2, -0.15) is 0 Å². The zero-order valence-corrected chi connectivity index (χ0v) is 11.4. The van der Waals surface area contributed by atoms with Crippen LogP contribution in [0.1, 0.15) is 6.92 Å². The van der Waals surface area contributed by atoms with E-state index in [1.165, 1.54) is 0 Å². The number of nitrogens with zero attached hydrogens (tertiary/aromatic N) is 1. The lowest BCUT2D eigenvalue weighted by atomic mass is 10.3. The largest absolute Gasteiger partial charge is 0.431 e. The van der Waals surface area contributed by atoms with Gasteiger partial charge in [-0.25, -0.2) is 9.78 Å². The van der Waals surface area contributed by atoms with Crippen LogP contribution < -0.4 is 11.1 Å². The Morgan fingerprint density at radius 2 is 2.26 bits per heavy atom. The fraction of sp³-hybridized carbons (Fsp3) is 0.182. The maximum Gasteiger partial charge on any atom is 0.318 e. The van der Waals surface area contributed by atoms with Crippen molar-refractivity contribution < 1.29 is 14.0 Å². The van der Waals surface area contributed by atoms with Gasteiger partial charge in [0.1, 0.15) is 5.52 Å². The van der Waals surface area contributed by atoms with Gasteiger partial charge < -0.3 is 10.2 Å². The van der Waals surface area contributed by atoms with Crippen LogP contribution in [-0.2, 0) is 4.79 Å². The molecule has 3 amide bonds. The molecule has 19 heavy (non-hydrogen) atoms. The summed E-state index contributed by atoms with van der Waals surface area (Å²) in [6, 6.07) is 4.16.